The van der Waals surface area contributed by atoms with Gasteiger partial charge in [0.2, 0.25) is 0 Å². The van der Waals surface area contributed by atoms with Crippen molar-refractivity contribution in [2.75, 3.05) is 24.8 Å². The summed E-state index contributed by atoms with van der Waals surface area (Å²) in [5, 5.41) is 11.8. The molecule has 0 bridgehead atoms. The Kier molecular flexibility index (Phi) is 4.25. The first-order valence-electron chi connectivity index (χ1n) is 11.5. The van der Waals surface area contributed by atoms with Gasteiger partial charge in [0.15, 0.2) is 5.43 Å². The fourth-order valence-electron chi connectivity index (χ4n) is 5.48. The number of hydrogen-bond donors (Lipinski definition) is 1. The number of rotatable bonds is 5. The molecule has 1 atom stereocenters. The van der Waals surface area contributed by atoms with Gasteiger partial charge in [0, 0.05) is 23.7 Å². The van der Waals surface area contributed by atoms with Crippen molar-refractivity contribution in [2.24, 2.45) is 5.92 Å². The monoisotopic (exact) mass is 436 g/mol. The number of aromatic carboxylic acids is 1. The predicted molar refractivity (Wildman–Crippen MR) is 119 cm³/mol. The maximum absolute atomic E-state index is 12.7. The van der Waals surface area contributed by atoms with Crippen LogP contribution < -0.4 is 15.2 Å². The van der Waals surface area contributed by atoms with Crippen LogP contribution in [0.2, 0.25) is 0 Å². The number of ether oxygens (including phenoxy) is 2. The molecule has 0 spiro atoms. The molecule has 1 aliphatic carbocycles. The molecule has 3 fully saturated rings. The van der Waals surface area contributed by atoms with Crippen LogP contribution in [0.5, 0.6) is 5.75 Å². The summed E-state index contributed by atoms with van der Waals surface area (Å²) < 4.78 is 13.6. The molecule has 0 unspecified atom stereocenters. The van der Waals surface area contributed by atoms with E-state index in [0.29, 0.717) is 18.4 Å². The van der Waals surface area contributed by atoms with Crippen LogP contribution in [0, 0.1) is 5.92 Å². The average Bonchev–Trinajstić information content (AvgIpc) is 3.50. The Balaban J connectivity index is 1.53. The first kappa shape index (κ1) is 19.9. The lowest BCUT2D eigenvalue weighted by molar-refractivity contribution is -0.0509. The van der Waals surface area contributed by atoms with E-state index in [0.717, 1.165) is 55.9 Å². The molecule has 168 valence electrons. The summed E-state index contributed by atoms with van der Waals surface area (Å²) in [5.41, 5.74) is 3.35. The van der Waals surface area contributed by atoms with Crippen LogP contribution in [0.4, 0.5) is 0 Å². The number of benzene rings is 1. The van der Waals surface area contributed by atoms with E-state index >= 15 is 0 Å². The summed E-state index contributed by atoms with van der Waals surface area (Å²) in [6, 6.07) is 6.00. The van der Waals surface area contributed by atoms with Gasteiger partial charge >= 0.3 is 5.97 Å². The topological polar surface area (TPSA) is 81.0 Å². The first-order chi connectivity index (χ1) is 15.3. The van der Waals surface area contributed by atoms with Crippen molar-refractivity contribution >= 4 is 5.97 Å². The van der Waals surface area contributed by atoms with Crippen molar-refractivity contribution in [2.45, 2.75) is 57.0 Å². The van der Waals surface area contributed by atoms with Crippen LogP contribution in [-0.4, -0.2) is 41.1 Å². The molecule has 1 N–H and O–H groups in total. The van der Waals surface area contributed by atoms with Gasteiger partial charge in [0.25, 0.3) is 0 Å². The number of pyridine rings is 1. The Labute approximate surface area is 186 Å². The Bertz CT molecular complexity index is 1180. The molecule has 2 saturated heterocycles. The third-order valence-corrected chi connectivity index (χ3v) is 7.45. The molecular weight excluding hydrogens is 408 g/mol. The van der Waals surface area contributed by atoms with E-state index in [-0.39, 0.29) is 17.1 Å². The van der Waals surface area contributed by atoms with Gasteiger partial charge in [0.1, 0.15) is 11.3 Å². The molecule has 7 nitrogen and oxygen atoms in total. The maximum atomic E-state index is 12.7. The molecule has 32 heavy (non-hydrogen) atoms. The smallest absolute Gasteiger partial charge is 0.341 e. The van der Waals surface area contributed by atoms with E-state index in [1.807, 2.05) is 4.68 Å². The highest BCUT2D eigenvalue weighted by molar-refractivity contribution is 5.88. The van der Waals surface area contributed by atoms with Crippen LogP contribution in [-0.2, 0) is 4.74 Å². The van der Waals surface area contributed by atoms with Crippen molar-refractivity contribution in [3.8, 4) is 17.0 Å². The van der Waals surface area contributed by atoms with Gasteiger partial charge < -0.3 is 14.6 Å². The molecule has 0 radical (unpaired) electrons. The van der Waals surface area contributed by atoms with Crippen LogP contribution >= 0.6 is 0 Å². The van der Waals surface area contributed by atoms with Gasteiger partial charge in [-0.1, -0.05) is 0 Å². The van der Waals surface area contributed by atoms with Crippen molar-refractivity contribution in [3.05, 3.63) is 51.3 Å². The second-order valence-corrected chi connectivity index (χ2v) is 10.3. The molecule has 1 aromatic heterocycles. The maximum Gasteiger partial charge on any atom is 0.341 e. The molecule has 3 aliphatic heterocycles. The quantitative estimate of drug-likeness (QED) is 0.770. The summed E-state index contributed by atoms with van der Waals surface area (Å²) >= 11 is 0. The highest BCUT2D eigenvalue weighted by Gasteiger charge is 2.45. The van der Waals surface area contributed by atoms with Gasteiger partial charge in [0.05, 0.1) is 37.1 Å². The number of carboxylic acid groups (broad SMARTS) is 1. The van der Waals surface area contributed by atoms with E-state index in [2.05, 4.69) is 31.0 Å². The van der Waals surface area contributed by atoms with Gasteiger partial charge in [-0.05, 0) is 68.7 Å². The highest BCUT2D eigenvalue weighted by atomic mass is 16.5. The average molecular weight is 437 g/mol. The van der Waals surface area contributed by atoms with Crippen LogP contribution in [0.15, 0.2) is 29.2 Å². The van der Waals surface area contributed by atoms with Crippen molar-refractivity contribution < 1.29 is 19.4 Å². The predicted octanol–water partition coefficient (Wildman–Crippen LogP) is 3.68. The second kappa shape index (κ2) is 6.85. The third kappa shape index (κ3) is 2.98. The zero-order valence-corrected chi connectivity index (χ0v) is 18.5. The van der Waals surface area contributed by atoms with E-state index < -0.39 is 11.4 Å². The largest absolute Gasteiger partial charge is 0.493 e. The first-order valence-corrected chi connectivity index (χ1v) is 11.5. The normalized spacial score (nSPS) is 23.2. The lowest BCUT2D eigenvalue weighted by atomic mass is 9.90. The summed E-state index contributed by atoms with van der Waals surface area (Å²) in [6.45, 7) is 6.53. The number of aromatic nitrogens is 1. The van der Waals surface area contributed by atoms with Gasteiger partial charge in [-0.3, -0.25) is 14.5 Å². The number of hydrogen-bond acceptors (Lipinski definition) is 5. The van der Waals surface area contributed by atoms with Crippen molar-refractivity contribution in [1.82, 2.24) is 4.68 Å². The molecular formula is C25H28N2O5. The molecule has 1 aromatic carbocycles. The number of carboxylic acids is 1. The second-order valence-electron chi connectivity index (χ2n) is 10.3. The Morgan fingerprint density at radius 3 is 2.62 bits per heavy atom. The summed E-state index contributed by atoms with van der Waals surface area (Å²) in [5.74, 6) is 0.714. The molecule has 2 aromatic rings. The van der Waals surface area contributed by atoms with Crippen LogP contribution in [0.3, 0.4) is 0 Å². The number of fused-ring (bicyclic) bond motifs is 6. The molecule has 4 aliphatic rings. The summed E-state index contributed by atoms with van der Waals surface area (Å²) in [7, 11) is 0. The zero-order valence-electron chi connectivity index (χ0n) is 18.5. The minimum atomic E-state index is -1.19. The van der Waals surface area contributed by atoms with Gasteiger partial charge in [-0.15, -0.1) is 0 Å². The van der Waals surface area contributed by atoms with E-state index in [4.69, 9.17) is 9.47 Å². The molecule has 7 heteroatoms. The fourth-order valence-corrected chi connectivity index (χ4v) is 5.48. The molecule has 4 heterocycles. The number of carbonyl (C=O) groups is 1. The lowest BCUT2D eigenvalue weighted by Crippen LogP contribution is -2.50. The minimum absolute atomic E-state index is 0.110. The Morgan fingerprint density at radius 2 is 1.97 bits per heavy atom. The van der Waals surface area contributed by atoms with Crippen LogP contribution in [0.1, 0.15) is 73.0 Å². The minimum Gasteiger partial charge on any atom is -0.493 e. The fraction of sp³-hybridized carbons (Fsp3) is 0.520. The van der Waals surface area contributed by atoms with Crippen molar-refractivity contribution in [3.63, 3.8) is 0 Å². The Hall–Kier alpha value is -2.80. The van der Waals surface area contributed by atoms with Gasteiger partial charge in [-0.2, -0.15) is 0 Å². The van der Waals surface area contributed by atoms with E-state index in [9.17, 15) is 14.7 Å². The number of nitrogens with zero attached hydrogens (tertiary/aromatic N) is 2. The van der Waals surface area contributed by atoms with Crippen molar-refractivity contribution in [1.29, 1.82) is 0 Å². The Morgan fingerprint density at radius 1 is 1.19 bits per heavy atom. The summed E-state index contributed by atoms with van der Waals surface area (Å²) in [4.78, 5) is 24.4. The van der Waals surface area contributed by atoms with E-state index in [1.54, 1.807) is 0 Å². The molecule has 1 saturated carbocycles. The van der Waals surface area contributed by atoms with E-state index in [1.165, 1.54) is 23.4 Å². The molecule has 6 rings (SSSR count). The third-order valence-electron chi connectivity index (χ3n) is 7.45. The highest BCUT2D eigenvalue weighted by Crippen LogP contribution is 2.52. The lowest BCUT2D eigenvalue weighted by Gasteiger charge is -2.44. The summed E-state index contributed by atoms with van der Waals surface area (Å²) in [6.07, 6.45) is 5.75. The van der Waals surface area contributed by atoms with Gasteiger partial charge in [-0.25, -0.2) is 4.79 Å². The standard InChI is InChI=1S/C25H28N2O5/c1-25(2)6-5-20-18-8-23(32-13-14-11-31-12-14)16(15-3-4-15)7-17(18)21-9-22(28)19(24(29)30)10-26(21)27(20)25/h7-10,14-15,20H,3-6,11-13H2,1-2H3,(H,29,30)/t20-/m1/s1. The zero-order chi connectivity index (χ0) is 22.2. The van der Waals surface area contributed by atoms with Crippen LogP contribution in [0.25, 0.3) is 11.3 Å². The SMILES string of the molecule is CC1(C)CC[C@@H]2c3cc(OCC4COC4)c(C4CC4)cc3-c3cc(=O)c(C(=O)O)cn3N21. The molecule has 0 amide bonds.